The highest BCUT2D eigenvalue weighted by Gasteiger charge is 2.47. The third-order valence-electron chi connectivity index (χ3n) is 5.60. The van der Waals surface area contributed by atoms with Crippen molar-refractivity contribution in [2.24, 2.45) is 5.41 Å². The molecule has 1 spiro atoms. The molecule has 0 saturated carbocycles. The summed E-state index contributed by atoms with van der Waals surface area (Å²) < 4.78 is 11.1. The number of carbonyl (C=O) groups excluding carboxylic acids is 1. The number of rotatable bonds is 3. The van der Waals surface area contributed by atoms with Gasteiger partial charge in [-0.2, -0.15) is 0 Å². The van der Waals surface area contributed by atoms with Crippen LogP contribution in [-0.2, 0) is 11.3 Å². The average molecular weight is 418 g/mol. The molecule has 29 heavy (non-hydrogen) atoms. The molecular formula is C22H28ClN3O3. The molecule has 6 nitrogen and oxygen atoms in total. The number of oxazole rings is 1. The molecule has 2 aliphatic rings. The number of amides is 1. The Balaban J connectivity index is 1.41. The van der Waals surface area contributed by atoms with Crippen molar-refractivity contribution in [3.8, 4) is 11.3 Å². The van der Waals surface area contributed by atoms with Gasteiger partial charge in [-0.1, -0.05) is 23.7 Å². The molecule has 0 N–H and O–H groups in total. The Morgan fingerprint density at radius 1 is 1.31 bits per heavy atom. The maximum atomic E-state index is 12.5. The Kier molecular flexibility index (Phi) is 5.34. The number of halogens is 1. The van der Waals surface area contributed by atoms with Crippen molar-refractivity contribution < 1.29 is 13.9 Å². The van der Waals surface area contributed by atoms with Crippen molar-refractivity contribution >= 4 is 17.7 Å². The molecule has 0 unspecified atom stereocenters. The lowest BCUT2D eigenvalue weighted by Gasteiger charge is -2.54. The van der Waals surface area contributed by atoms with Crippen LogP contribution in [0.4, 0.5) is 4.79 Å². The van der Waals surface area contributed by atoms with Gasteiger partial charge in [-0.15, -0.1) is 0 Å². The summed E-state index contributed by atoms with van der Waals surface area (Å²) in [5.41, 5.74) is 1.74. The van der Waals surface area contributed by atoms with Gasteiger partial charge in [0.15, 0.2) is 12.2 Å². The van der Waals surface area contributed by atoms with Gasteiger partial charge in [0, 0.05) is 43.7 Å². The zero-order valence-electron chi connectivity index (χ0n) is 17.3. The predicted molar refractivity (Wildman–Crippen MR) is 112 cm³/mol. The van der Waals surface area contributed by atoms with E-state index in [9.17, 15) is 4.79 Å². The molecule has 2 aromatic rings. The molecule has 2 fully saturated rings. The fourth-order valence-corrected chi connectivity index (χ4v) is 4.81. The number of hydrogen-bond acceptors (Lipinski definition) is 5. The fraction of sp³-hybridized carbons (Fsp3) is 0.545. The lowest BCUT2D eigenvalue weighted by molar-refractivity contribution is -0.0633. The smallest absolute Gasteiger partial charge is 0.410 e. The minimum absolute atomic E-state index is 0.167. The molecule has 3 heterocycles. The van der Waals surface area contributed by atoms with Crippen molar-refractivity contribution in [3.63, 3.8) is 0 Å². The molecule has 1 aromatic carbocycles. The highest BCUT2D eigenvalue weighted by Crippen LogP contribution is 2.41. The highest BCUT2D eigenvalue weighted by atomic mass is 35.5. The third kappa shape index (κ3) is 4.43. The molecule has 1 amide bonds. The van der Waals surface area contributed by atoms with Gasteiger partial charge >= 0.3 is 6.09 Å². The van der Waals surface area contributed by atoms with Crippen molar-refractivity contribution in [3.05, 3.63) is 41.4 Å². The third-order valence-corrected chi connectivity index (χ3v) is 5.92. The minimum Gasteiger partial charge on any atom is -0.444 e. The van der Waals surface area contributed by atoms with Gasteiger partial charge in [-0.25, -0.2) is 9.78 Å². The van der Waals surface area contributed by atoms with Crippen molar-refractivity contribution in [2.45, 2.75) is 45.8 Å². The molecule has 0 aliphatic carbocycles. The largest absolute Gasteiger partial charge is 0.444 e. The van der Waals surface area contributed by atoms with Crippen molar-refractivity contribution in [1.82, 2.24) is 14.8 Å². The number of benzene rings is 1. The first-order valence-electron chi connectivity index (χ1n) is 10.1. The lowest BCUT2D eigenvalue weighted by Crippen LogP contribution is -2.63. The second kappa shape index (κ2) is 7.65. The van der Waals surface area contributed by atoms with Gasteiger partial charge < -0.3 is 14.1 Å². The molecule has 0 radical (unpaired) electrons. The van der Waals surface area contributed by atoms with Crippen LogP contribution in [0.5, 0.6) is 0 Å². The summed E-state index contributed by atoms with van der Waals surface area (Å²) in [4.78, 5) is 20.8. The van der Waals surface area contributed by atoms with Gasteiger partial charge in [-0.05, 0) is 45.2 Å². The Morgan fingerprint density at radius 3 is 2.79 bits per heavy atom. The summed E-state index contributed by atoms with van der Waals surface area (Å²) in [5, 5.41) is 0.670. The van der Waals surface area contributed by atoms with Crippen LogP contribution in [0.1, 0.15) is 39.2 Å². The molecule has 2 aliphatic heterocycles. The van der Waals surface area contributed by atoms with Crippen LogP contribution < -0.4 is 0 Å². The molecular weight excluding hydrogens is 390 g/mol. The quantitative estimate of drug-likeness (QED) is 0.715. The van der Waals surface area contributed by atoms with Crippen molar-refractivity contribution in [1.29, 1.82) is 0 Å². The van der Waals surface area contributed by atoms with Crippen LogP contribution in [0.25, 0.3) is 11.3 Å². The maximum Gasteiger partial charge on any atom is 0.410 e. The number of nitrogens with zero attached hydrogens (tertiary/aromatic N) is 3. The standard InChI is InChI=1S/C22H28ClN3O3/c1-21(2,3)29-20(27)26-9-5-8-22(14-26)12-25(13-22)11-16-6-4-7-17(23)19(16)18-10-24-15-28-18/h4,6-7,10,15H,5,8-9,11-14H2,1-3H3. The summed E-state index contributed by atoms with van der Waals surface area (Å²) in [6, 6.07) is 5.93. The van der Waals surface area contributed by atoms with Crippen LogP contribution in [0.15, 0.2) is 35.2 Å². The first kappa shape index (κ1) is 20.2. The highest BCUT2D eigenvalue weighted by molar-refractivity contribution is 6.33. The first-order chi connectivity index (χ1) is 13.7. The Bertz CT molecular complexity index is 870. The summed E-state index contributed by atoms with van der Waals surface area (Å²) in [6.07, 6.45) is 5.09. The van der Waals surface area contributed by atoms with E-state index in [0.717, 1.165) is 56.7 Å². The number of hydrogen-bond donors (Lipinski definition) is 0. The van der Waals surface area contributed by atoms with Gasteiger partial charge in [0.1, 0.15) is 5.60 Å². The van der Waals surface area contributed by atoms with Crippen molar-refractivity contribution in [2.75, 3.05) is 26.2 Å². The van der Waals surface area contributed by atoms with Gasteiger partial charge in [0.05, 0.1) is 11.2 Å². The molecule has 7 heteroatoms. The summed E-state index contributed by atoms with van der Waals surface area (Å²) in [5.74, 6) is 0.689. The van der Waals surface area contributed by atoms with E-state index in [1.807, 2.05) is 37.8 Å². The van der Waals surface area contributed by atoms with E-state index in [-0.39, 0.29) is 11.5 Å². The molecule has 4 rings (SSSR count). The summed E-state index contributed by atoms with van der Waals surface area (Å²) in [7, 11) is 0. The van der Waals surface area contributed by atoms with Gasteiger partial charge in [-0.3, -0.25) is 4.90 Å². The van der Waals surface area contributed by atoms with Crippen LogP contribution in [-0.4, -0.2) is 52.7 Å². The molecule has 0 atom stereocenters. The Labute approximate surface area is 176 Å². The van der Waals surface area contributed by atoms with E-state index < -0.39 is 5.60 Å². The lowest BCUT2D eigenvalue weighted by atomic mass is 9.73. The average Bonchev–Trinajstić information content (AvgIpc) is 3.13. The molecule has 0 bridgehead atoms. The van der Waals surface area contributed by atoms with E-state index in [0.29, 0.717) is 10.8 Å². The Morgan fingerprint density at radius 2 is 2.10 bits per heavy atom. The first-order valence-corrected chi connectivity index (χ1v) is 10.5. The SMILES string of the molecule is CC(C)(C)OC(=O)N1CCCC2(CN(Cc3cccc(Cl)c3-c3cnco3)C2)C1. The summed E-state index contributed by atoms with van der Waals surface area (Å²) in [6.45, 7) is 10.0. The van der Waals surface area contributed by atoms with E-state index in [1.54, 1.807) is 6.20 Å². The molecule has 156 valence electrons. The van der Waals surface area contributed by atoms with E-state index in [2.05, 4.69) is 16.0 Å². The summed E-state index contributed by atoms with van der Waals surface area (Å²) >= 11 is 6.45. The van der Waals surface area contributed by atoms with E-state index >= 15 is 0 Å². The maximum absolute atomic E-state index is 12.5. The van der Waals surface area contributed by atoms with Crippen LogP contribution >= 0.6 is 11.6 Å². The second-order valence-electron chi connectivity index (χ2n) is 9.29. The number of carbonyl (C=O) groups is 1. The topological polar surface area (TPSA) is 58.8 Å². The molecule has 2 saturated heterocycles. The normalized spacial score (nSPS) is 19.2. The van der Waals surface area contributed by atoms with Crippen LogP contribution in [0, 0.1) is 5.41 Å². The number of piperidine rings is 1. The van der Waals surface area contributed by atoms with Crippen LogP contribution in [0.2, 0.25) is 5.02 Å². The zero-order chi connectivity index (χ0) is 20.6. The van der Waals surface area contributed by atoms with Gasteiger partial charge in [0.2, 0.25) is 0 Å². The van der Waals surface area contributed by atoms with Crippen LogP contribution in [0.3, 0.4) is 0 Å². The minimum atomic E-state index is -0.461. The van der Waals surface area contributed by atoms with E-state index in [1.165, 1.54) is 6.39 Å². The number of aromatic nitrogens is 1. The number of likely N-dealkylation sites (tertiary alicyclic amines) is 2. The fourth-order valence-electron chi connectivity index (χ4n) is 4.52. The predicted octanol–water partition coefficient (Wildman–Crippen LogP) is 4.83. The van der Waals surface area contributed by atoms with Gasteiger partial charge in [0.25, 0.3) is 0 Å². The monoisotopic (exact) mass is 417 g/mol. The second-order valence-corrected chi connectivity index (χ2v) is 9.70. The zero-order valence-corrected chi connectivity index (χ0v) is 18.0. The number of ether oxygens (including phenoxy) is 1. The van der Waals surface area contributed by atoms with E-state index in [4.69, 9.17) is 20.8 Å². The Hall–Kier alpha value is -2.05. The molecule has 1 aromatic heterocycles.